The molecule has 5 heteroatoms. The minimum Gasteiger partial charge on any atom is -0.329 e. The van der Waals surface area contributed by atoms with Gasteiger partial charge in [0.15, 0.2) is 0 Å². The van der Waals surface area contributed by atoms with E-state index in [-0.39, 0.29) is 17.9 Å². The molecule has 4 nitrogen and oxygen atoms in total. The fourth-order valence-electron chi connectivity index (χ4n) is 3.99. The normalized spacial score (nSPS) is 18.6. The number of carbonyl (C=O) groups is 2. The van der Waals surface area contributed by atoms with Gasteiger partial charge in [-0.1, -0.05) is 56.3 Å². The van der Waals surface area contributed by atoms with Gasteiger partial charge in [0.1, 0.15) is 0 Å². The Hall–Kier alpha value is -2.92. The van der Waals surface area contributed by atoms with Gasteiger partial charge in [-0.05, 0) is 41.1 Å². The highest BCUT2D eigenvalue weighted by Crippen LogP contribution is 2.44. The number of rotatable bonds is 5. The average Bonchev–Trinajstić information content (AvgIpc) is 3.24. The second-order valence-corrected chi connectivity index (χ2v) is 8.71. The number of amides is 2. The lowest BCUT2D eigenvalue weighted by molar-refractivity contribution is -0.119. The van der Waals surface area contributed by atoms with E-state index in [9.17, 15) is 9.59 Å². The van der Waals surface area contributed by atoms with Crippen molar-refractivity contribution in [1.82, 2.24) is 4.90 Å². The van der Waals surface area contributed by atoms with Gasteiger partial charge in [-0.15, -0.1) is 11.3 Å². The maximum atomic E-state index is 13.5. The molecule has 148 valence electrons. The lowest BCUT2D eigenvalue weighted by Crippen LogP contribution is -2.47. The van der Waals surface area contributed by atoms with Crippen LogP contribution in [0.3, 0.4) is 0 Å². The predicted octanol–water partition coefficient (Wildman–Crippen LogP) is 5.32. The van der Waals surface area contributed by atoms with Gasteiger partial charge in [-0.2, -0.15) is 0 Å². The summed E-state index contributed by atoms with van der Waals surface area (Å²) >= 11 is 1.59. The largest absolute Gasteiger partial charge is 0.329 e. The molecule has 0 saturated carbocycles. The Balaban J connectivity index is 1.82. The summed E-state index contributed by atoms with van der Waals surface area (Å²) in [5.74, 6) is -0.272. The molecule has 1 aliphatic rings. The van der Waals surface area contributed by atoms with Crippen molar-refractivity contribution in [3.8, 4) is 0 Å². The van der Waals surface area contributed by atoms with Crippen LogP contribution in [0.5, 0.6) is 0 Å². The molecule has 0 saturated heterocycles. The Morgan fingerprint density at radius 2 is 1.76 bits per heavy atom. The molecule has 4 rings (SSSR count). The molecule has 3 aromatic rings. The number of carbonyl (C=O) groups excluding carboxylic acids is 2. The van der Waals surface area contributed by atoms with Gasteiger partial charge in [0, 0.05) is 22.7 Å². The molecule has 0 aliphatic carbocycles. The van der Waals surface area contributed by atoms with Gasteiger partial charge in [-0.3, -0.25) is 9.59 Å². The Labute approximate surface area is 175 Å². The Kier molecular flexibility index (Phi) is 5.49. The average molecular weight is 405 g/mol. The molecule has 2 aromatic carbocycles. The summed E-state index contributed by atoms with van der Waals surface area (Å²) in [7, 11) is 0. The number of anilines is 1. The molecule has 29 heavy (non-hydrogen) atoms. The molecule has 0 fully saturated rings. The molecule has 2 amide bonds. The van der Waals surface area contributed by atoms with E-state index in [0.29, 0.717) is 18.0 Å². The summed E-state index contributed by atoms with van der Waals surface area (Å²) in [4.78, 5) is 29.8. The lowest BCUT2D eigenvalue weighted by Gasteiger charge is -2.42. The quantitative estimate of drug-likeness (QED) is 0.625. The van der Waals surface area contributed by atoms with Crippen LogP contribution < -0.4 is 5.32 Å². The number of benzene rings is 2. The second-order valence-electron chi connectivity index (χ2n) is 7.73. The van der Waals surface area contributed by atoms with Crippen molar-refractivity contribution >= 4 is 28.8 Å². The third kappa shape index (κ3) is 3.83. The Morgan fingerprint density at radius 3 is 2.45 bits per heavy atom. The first-order chi connectivity index (χ1) is 14.1. The highest BCUT2D eigenvalue weighted by atomic mass is 32.1. The van der Waals surface area contributed by atoms with E-state index >= 15 is 0 Å². The standard InChI is InChI=1S/C24H24N2O2S/c1-16(2)15-26-22(20-13-8-14-29-20)21(18-11-6-7-12-19(18)24(26)28)23(27)25-17-9-4-3-5-10-17/h3-14,16,21-22H,15H2,1-2H3,(H,25,27)/t21-,22+/m1/s1. The summed E-state index contributed by atoms with van der Waals surface area (Å²) in [6.07, 6.45) is 0. The van der Waals surface area contributed by atoms with Crippen LogP contribution >= 0.6 is 11.3 Å². The molecule has 1 aliphatic heterocycles. The maximum Gasteiger partial charge on any atom is 0.254 e. The first-order valence-electron chi connectivity index (χ1n) is 9.85. The van der Waals surface area contributed by atoms with Crippen molar-refractivity contribution < 1.29 is 9.59 Å². The van der Waals surface area contributed by atoms with Crippen LogP contribution in [0, 0.1) is 5.92 Å². The number of fused-ring (bicyclic) bond motifs is 1. The SMILES string of the molecule is CC(C)CN1C(=O)c2ccccc2[C@@H](C(=O)Nc2ccccc2)[C@@H]1c1cccs1. The minimum absolute atomic E-state index is 0.00328. The van der Waals surface area contributed by atoms with E-state index in [1.54, 1.807) is 11.3 Å². The molecule has 0 radical (unpaired) electrons. The summed E-state index contributed by atoms with van der Waals surface area (Å²) in [5.41, 5.74) is 2.17. The van der Waals surface area contributed by atoms with Gasteiger partial charge in [0.25, 0.3) is 5.91 Å². The van der Waals surface area contributed by atoms with Gasteiger partial charge >= 0.3 is 0 Å². The van der Waals surface area contributed by atoms with Gasteiger partial charge in [-0.25, -0.2) is 0 Å². The Morgan fingerprint density at radius 1 is 1.03 bits per heavy atom. The highest BCUT2D eigenvalue weighted by molar-refractivity contribution is 7.10. The molecule has 0 unspecified atom stereocenters. The smallest absolute Gasteiger partial charge is 0.254 e. The van der Waals surface area contributed by atoms with Crippen LogP contribution in [-0.4, -0.2) is 23.3 Å². The third-order valence-corrected chi connectivity index (χ3v) is 6.10. The number of nitrogens with zero attached hydrogens (tertiary/aromatic N) is 1. The molecule has 0 spiro atoms. The summed E-state index contributed by atoms with van der Waals surface area (Å²) in [5, 5.41) is 5.06. The van der Waals surface area contributed by atoms with E-state index in [1.807, 2.05) is 77.0 Å². The summed E-state index contributed by atoms with van der Waals surface area (Å²) in [6, 6.07) is 20.7. The lowest BCUT2D eigenvalue weighted by atomic mass is 9.81. The summed E-state index contributed by atoms with van der Waals surface area (Å²) < 4.78 is 0. The zero-order chi connectivity index (χ0) is 20.4. The fraction of sp³-hybridized carbons (Fsp3) is 0.250. The van der Waals surface area contributed by atoms with Gasteiger partial charge in [0.05, 0.1) is 12.0 Å². The van der Waals surface area contributed by atoms with E-state index < -0.39 is 5.92 Å². The van der Waals surface area contributed by atoms with Crippen LogP contribution in [0.25, 0.3) is 0 Å². The van der Waals surface area contributed by atoms with E-state index in [0.717, 1.165) is 16.1 Å². The van der Waals surface area contributed by atoms with E-state index in [1.165, 1.54) is 0 Å². The molecule has 2 heterocycles. The predicted molar refractivity (Wildman–Crippen MR) is 117 cm³/mol. The Bertz CT molecular complexity index is 999. The van der Waals surface area contributed by atoms with Crippen LogP contribution in [0.2, 0.25) is 0 Å². The first kappa shape index (κ1) is 19.4. The minimum atomic E-state index is -0.471. The first-order valence-corrected chi connectivity index (χ1v) is 10.7. The second kappa shape index (κ2) is 8.21. The van der Waals surface area contributed by atoms with Crippen molar-refractivity contribution in [3.05, 3.63) is 88.1 Å². The van der Waals surface area contributed by atoms with E-state index in [2.05, 4.69) is 19.2 Å². The topological polar surface area (TPSA) is 49.4 Å². The highest BCUT2D eigenvalue weighted by Gasteiger charge is 2.44. The number of thiophene rings is 1. The zero-order valence-electron chi connectivity index (χ0n) is 16.5. The zero-order valence-corrected chi connectivity index (χ0v) is 17.4. The van der Waals surface area contributed by atoms with Crippen LogP contribution in [0.15, 0.2) is 72.1 Å². The molecule has 1 N–H and O–H groups in total. The molecule has 2 atom stereocenters. The van der Waals surface area contributed by atoms with E-state index in [4.69, 9.17) is 0 Å². The van der Waals surface area contributed by atoms with Crippen molar-refractivity contribution in [3.63, 3.8) is 0 Å². The van der Waals surface area contributed by atoms with Crippen molar-refractivity contribution in [1.29, 1.82) is 0 Å². The number of hydrogen-bond donors (Lipinski definition) is 1. The van der Waals surface area contributed by atoms with Crippen LogP contribution in [0.4, 0.5) is 5.69 Å². The number of hydrogen-bond acceptors (Lipinski definition) is 3. The van der Waals surface area contributed by atoms with Crippen molar-refractivity contribution in [2.75, 3.05) is 11.9 Å². The fourth-order valence-corrected chi connectivity index (χ4v) is 4.86. The van der Waals surface area contributed by atoms with Crippen LogP contribution in [-0.2, 0) is 4.79 Å². The molecule has 1 aromatic heterocycles. The molecule has 0 bridgehead atoms. The maximum absolute atomic E-state index is 13.5. The molecular weight excluding hydrogens is 380 g/mol. The monoisotopic (exact) mass is 404 g/mol. The number of nitrogens with one attached hydrogen (secondary N) is 1. The molecular formula is C24H24N2O2S. The van der Waals surface area contributed by atoms with Crippen molar-refractivity contribution in [2.45, 2.75) is 25.8 Å². The van der Waals surface area contributed by atoms with Gasteiger partial charge in [0.2, 0.25) is 5.91 Å². The van der Waals surface area contributed by atoms with Crippen molar-refractivity contribution in [2.24, 2.45) is 5.92 Å². The summed E-state index contributed by atoms with van der Waals surface area (Å²) in [6.45, 7) is 4.79. The van der Waals surface area contributed by atoms with Crippen LogP contribution in [0.1, 0.15) is 46.6 Å². The number of para-hydroxylation sites is 1. The third-order valence-electron chi connectivity index (χ3n) is 5.16. The van der Waals surface area contributed by atoms with Gasteiger partial charge < -0.3 is 10.2 Å².